The van der Waals surface area contributed by atoms with E-state index in [2.05, 4.69) is 31.2 Å². The number of hydrogen-bond acceptors (Lipinski definition) is 2. The zero-order valence-electron chi connectivity index (χ0n) is 9.24. The zero-order valence-corrected chi connectivity index (χ0v) is 10.8. The van der Waals surface area contributed by atoms with Crippen molar-refractivity contribution in [3.63, 3.8) is 0 Å². The Morgan fingerprint density at radius 2 is 1.94 bits per heavy atom. The highest BCUT2D eigenvalue weighted by atomic mass is 35.5. The lowest BCUT2D eigenvalue weighted by atomic mass is 10.1. The molecule has 0 amide bonds. The Morgan fingerprint density at radius 1 is 1.25 bits per heavy atom. The van der Waals surface area contributed by atoms with Gasteiger partial charge in [-0.25, -0.2) is 0 Å². The number of methoxy groups -OCH3 is 1. The van der Waals surface area contributed by atoms with Crippen molar-refractivity contribution < 1.29 is 4.74 Å². The average Bonchev–Trinajstić information content (AvgIpc) is 2.77. The van der Waals surface area contributed by atoms with E-state index in [1.54, 1.807) is 18.4 Å². The number of ether oxygens (including phenoxy) is 1. The first kappa shape index (κ1) is 11.5. The van der Waals surface area contributed by atoms with Gasteiger partial charge in [-0.05, 0) is 18.6 Å². The largest absolute Gasteiger partial charge is 0.496 e. The fourth-order valence-corrected chi connectivity index (χ4v) is 2.69. The second-order valence-corrected chi connectivity index (χ2v) is 5.04. The van der Waals surface area contributed by atoms with Crippen LogP contribution >= 0.6 is 22.9 Å². The molecule has 1 unspecified atom stereocenters. The minimum Gasteiger partial charge on any atom is -0.496 e. The fraction of sp³-hybridized carbons (Fsp3) is 0.231. The van der Waals surface area contributed by atoms with Gasteiger partial charge in [0.25, 0.3) is 0 Å². The van der Waals surface area contributed by atoms with Crippen LogP contribution in [0.1, 0.15) is 21.4 Å². The van der Waals surface area contributed by atoms with Gasteiger partial charge in [-0.2, -0.15) is 0 Å². The van der Waals surface area contributed by atoms with E-state index in [-0.39, 0.29) is 5.38 Å². The first-order valence-corrected chi connectivity index (χ1v) is 6.35. The van der Waals surface area contributed by atoms with Crippen LogP contribution in [0.25, 0.3) is 0 Å². The third-order valence-electron chi connectivity index (χ3n) is 2.45. The van der Waals surface area contributed by atoms with E-state index in [9.17, 15) is 0 Å². The van der Waals surface area contributed by atoms with Gasteiger partial charge in [0, 0.05) is 10.3 Å². The molecule has 0 aliphatic heterocycles. The van der Waals surface area contributed by atoms with Gasteiger partial charge in [0.1, 0.15) is 5.75 Å². The smallest absolute Gasteiger partial charge is 0.129 e. The summed E-state index contributed by atoms with van der Waals surface area (Å²) in [6, 6.07) is 10.3. The van der Waals surface area contributed by atoms with Gasteiger partial charge in [-0.1, -0.05) is 29.8 Å². The van der Waals surface area contributed by atoms with Crippen LogP contribution in [0.4, 0.5) is 0 Å². The predicted octanol–water partition coefficient (Wildman–Crippen LogP) is 4.39. The Kier molecular flexibility index (Phi) is 3.52. The quantitative estimate of drug-likeness (QED) is 0.736. The summed E-state index contributed by atoms with van der Waals surface area (Å²) in [5.74, 6) is 0.873. The van der Waals surface area contributed by atoms with Gasteiger partial charge in [0.2, 0.25) is 0 Å². The molecule has 0 saturated carbocycles. The molecule has 0 spiro atoms. The van der Waals surface area contributed by atoms with E-state index in [4.69, 9.17) is 16.3 Å². The lowest BCUT2D eigenvalue weighted by Gasteiger charge is -2.07. The first-order chi connectivity index (χ1) is 7.70. The van der Waals surface area contributed by atoms with E-state index < -0.39 is 0 Å². The summed E-state index contributed by atoms with van der Waals surface area (Å²) in [5.41, 5.74) is 2.37. The summed E-state index contributed by atoms with van der Waals surface area (Å²) in [7, 11) is 1.67. The summed E-state index contributed by atoms with van der Waals surface area (Å²) in [5, 5.41) is 1.88. The Hall–Kier alpha value is -0.990. The van der Waals surface area contributed by atoms with Crippen LogP contribution in [0.5, 0.6) is 5.75 Å². The Labute approximate surface area is 105 Å². The summed E-state index contributed by atoms with van der Waals surface area (Å²) in [6.07, 6.45) is 0. The minimum absolute atomic E-state index is 0.0884. The van der Waals surface area contributed by atoms with E-state index in [1.807, 2.05) is 11.4 Å². The molecule has 1 aromatic carbocycles. The second kappa shape index (κ2) is 4.89. The third kappa shape index (κ3) is 2.39. The summed E-state index contributed by atoms with van der Waals surface area (Å²) in [6.45, 7) is 2.07. The standard InChI is InChI=1S/C13H13ClOS/c1-9-3-5-10(6-4-9)13(14)12-7-11(15-2)8-16-12/h3-8,13H,1-2H3. The second-order valence-electron chi connectivity index (χ2n) is 3.66. The topological polar surface area (TPSA) is 9.23 Å². The lowest BCUT2D eigenvalue weighted by molar-refractivity contribution is 0.416. The van der Waals surface area contributed by atoms with E-state index >= 15 is 0 Å². The van der Waals surface area contributed by atoms with Gasteiger partial charge >= 0.3 is 0 Å². The molecule has 0 fully saturated rings. The van der Waals surface area contributed by atoms with Crippen molar-refractivity contribution in [1.82, 2.24) is 0 Å². The molecule has 2 rings (SSSR count). The molecule has 16 heavy (non-hydrogen) atoms. The molecule has 1 atom stereocenters. The minimum atomic E-state index is -0.0884. The Bertz CT molecular complexity index is 461. The molecule has 0 bridgehead atoms. The molecule has 0 N–H and O–H groups in total. The molecular formula is C13H13ClOS. The first-order valence-electron chi connectivity index (χ1n) is 5.04. The average molecular weight is 253 g/mol. The van der Waals surface area contributed by atoms with Crippen molar-refractivity contribution in [2.75, 3.05) is 7.11 Å². The van der Waals surface area contributed by atoms with Crippen LogP contribution in [0.3, 0.4) is 0 Å². The summed E-state index contributed by atoms with van der Waals surface area (Å²) >= 11 is 8.03. The van der Waals surface area contributed by atoms with E-state index in [0.29, 0.717) is 0 Å². The van der Waals surface area contributed by atoms with Crippen molar-refractivity contribution in [2.45, 2.75) is 12.3 Å². The highest BCUT2D eigenvalue weighted by molar-refractivity contribution is 7.10. The fourth-order valence-electron chi connectivity index (χ4n) is 1.47. The normalized spacial score (nSPS) is 12.4. The van der Waals surface area contributed by atoms with Gasteiger partial charge in [0.05, 0.1) is 12.5 Å². The highest BCUT2D eigenvalue weighted by Crippen LogP contribution is 2.35. The van der Waals surface area contributed by atoms with Crippen LogP contribution in [-0.4, -0.2) is 7.11 Å². The Balaban J connectivity index is 2.24. The summed E-state index contributed by atoms with van der Waals surface area (Å²) < 4.78 is 5.15. The number of benzene rings is 1. The Morgan fingerprint density at radius 3 is 2.50 bits per heavy atom. The molecule has 1 heterocycles. The molecule has 84 valence electrons. The molecule has 1 nitrogen and oxygen atoms in total. The van der Waals surface area contributed by atoms with Crippen LogP contribution in [0.2, 0.25) is 0 Å². The molecule has 3 heteroatoms. The third-order valence-corrected chi connectivity index (χ3v) is 4.04. The number of rotatable bonds is 3. The number of thiophene rings is 1. The van der Waals surface area contributed by atoms with Gasteiger partial charge in [-0.15, -0.1) is 22.9 Å². The lowest BCUT2D eigenvalue weighted by Crippen LogP contribution is -1.89. The molecule has 0 saturated heterocycles. The maximum absolute atomic E-state index is 6.41. The number of aryl methyl sites for hydroxylation is 1. The molecule has 1 aromatic heterocycles. The van der Waals surface area contributed by atoms with Crippen LogP contribution in [-0.2, 0) is 0 Å². The van der Waals surface area contributed by atoms with Gasteiger partial charge in [0.15, 0.2) is 0 Å². The van der Waals surface area contributed by atoms with Gasteiger partial charge in [-0.3, -0.25) is 0 Å². The molecule has 0 aliphatic rings. The molecular weight excluding hydrogens is 240 g/mol. The number of halogens is 1. The van der Waals surface area contributed by atoms with Crippen LogP contribution in [0.15, 0.2) is 35.7 Å². The number of hydrogen-bond donors (Lipinski definition) is 0. The van der Waals surface area contributed by atoms with Crippen LogP contribution < -0.4 is 4.74 Å². The zero-order chi connectivity index (χ0) is 11.5. The maximum Gasteiger partial charge on any atom is 0.129 e. The monoisotopic (exact) mass is 252 g/mol. The molecule has 0 radical (unpaired) electrons. The predicted molar refractivity (Wildman–Crippen MR) is 69.7 cm³/mol. The van der Waals surface area contributed by atoms with Crippen molar-refractivity contribution in [3.05, 3.63) is 51.7 Å². The van der Waals surface area contributed by atoms with E-state index in [0.717, 1.165) is 16.2 Å². The molecule has 2 aromatic rings. The maximum atomic E-state index is 6.41. The SMILES string of the molecule is COc1csc(C(Cl)c2ccc(C)cc2)c1. The molecule has 0 aliphatic carbocycles. The number of alkyl halides is 1. The summed E-state index contributed by atoms with van der Waals surface area (Å²) in [4.78, 5) is 1.11. The van der Waals surface area contributed by atoms with Crippen molar-refractivity contribution in [2.24, 2.45) is 0 Å². The highest BCUT2D eigenvalue weighted by Gasteiger charge is 2.13. The van der Waals surface area contributed by atoms with Crippen LogP contribution in [0, 0.1) is 6.92 Å². The van der Waals surface area contributed by atoms with Gasteiger partial charge < -0.3 is 4.74 Å². The van der Waals surface area contributed by atoms with Crippen molar-refractivity contribution in [3.8, 4) is 5.75 Å². The van der Waals surface area contributed by atoms with Crippen molar-refractivity contribution in [1.29, 1.82) is 0 Å². The van der Waals surface area contributed by atoms with E-state index in [1.165, 1.54) is 5.56 Å². The van der Waals surface area contributed by atoms with Crippen molar-refractivity contribution >= 4 is 22.9 Å².